The number of thiophene rings is 1. The summed E-state index contributed by atoms with van der Waals surface area (Å²) in [6.07, 6.45) is -0.240. The van der Waals surface area contributed by atoms with Gasteiger partial charge in [-0.1, -0.05) is 23.8 Å². The minimum Gasteiger partial charge on any atom is -0.375 e. The van der Waals surface area contributed by atoms with Gasteiger partial charge in [0.05, 0.1) is 11.3 Å². The van der Waals surface area contributed by atoms with Gasteiger partial charge >= 0.3 is 0 Å². The summed E-state index contributed by atoms with van der Waals surface area (Å²) in [5.41, 5.74) is 0.208. The highest BCUT2D eigenvalue weighted by Gasteiger charge is 2.46. The Hall–Kier alpha value is -1.98. The Labute approximate surface area is 120 Å². The Morgan fingerprint density at radius 2 is 2.20 bits per heavy atom. The average Bonchev–Trinajstić information content (AvgIpc) is 3.00. The van der Waals surface area contributed by atoms with Crippen molar-refractivity contribution in [3.05, 3.63) is 51.7 Å². The number of Topliss-reactive ketones (excluding diaryl/α,β-unsaturated/α-hetero) is 1. The van der Waals surface area contributed by atoms with Crippen molar-refractivity contribution in [3.63, 3.8) is 0 Å². The maximum Gasteiger partial charge on any atom is 0.261 e. The molecular formula is C15H13NO3S. The fourth-order valence-corrected chi connectivity index (χ4v) is 3.05. The van der Waals surface area contributed by atoms with Crippen molar-refractivity contribution in [1.29, 1.82) is 0 Å². The number of rotatable bonds is 3. The summed E-state index contributed by atoms with van der Waals surface area (Å²) < 4.78 is 0. The Kier molecular flexibility index (Phi) is 2.96. The third-order valence-corrected chi connectivity index (χ3v) is 4.37. The average molecular weight is 287 g/mol. The molecule has 4 nitrogen and oxygen atoms in total. The number of fused-ring (bicyclic) bond motifs is 1. The number of amides is 1. The van der Waals surface area contributed by atoms with Crippen molar-refractivity contribution in [2.45, 2.75) is 18.9 Å². The summed E-state index contributed by atoms with van der Waals surface area (Å²) in [6.45, 7) is 1.88. The molecule has 102 valence electrons. The SMILES string of the molecule is Cc1ccc2c(c1)C(O)(CC(=O)c1cccs1)C(=O)N2. The predicted molar refractivity (Wildman–Crippen MR) is 77.0 cm³/mol. The monoisotopic (exact) mass is 287 g/mol. The number of carbonyl (C=O) groups is 2. The summed E-state index contributed by atoms with van der Waals surface area (Å²) >= 11 is 1.31. The molecule has 0 spiro atoms. The van der Waals surface area contributed by atoms with Gasteiger partial charge in [0.25, 0.3) is 5.91 Å². The van der Waals surface area contributed by atoms with Crippen LogP contribution < -0.4 is 5.32 Å². The lowest BCUT2D eigenvalue weighted by Crippen LogP contribution is -2.36. The van der Waals surface area contributed by atoms with Crippen LogP contribution >= 0.6 is 11.3 Å². The van der Waals surface area contributed by atoms with E-state index < -0.39 is 11.5 Å². The zero-order chi connectivity index (χ0) is 14.3. The molecule has 5 heteroatoms. The van der Waals surface area contributed by atoms with E-state index in [2.05, 4.69) is 5.32 Å². The maximum atomic E-state index is 12.2. The van der Waals surface area contributed by atoms with Crippen LogP contribution in [0.2, 0.25) is 0 Å². The Balaban J connectivity index is 1.98. The number of ketones is 1. The molecule has 1 atom stereocenters. The summed E-state index contributed by atoms with van der Waals surface area (Å²) in [5.74, 6) is -0.769. The van der Waals surface area contributed by atoms with Crippen LogP contribution in [0.15, 0.2) is 35.7 Å². The van der Waals surface area contributed by atoms with Crippen molar-refractivity contribution in [2.24, 2.45) is 0 Å². The molecule has 0 fully saturated rings. The molecule has 1 amide bonds. The molecular weight excluding hydrogens is 274 g/mol. The summed E-state index contributed by atoms with van der Waals surface area (Å²) in [4.78, 5) is 24.8. The highest BCUT2D eigenvalue weighted by molar-refractivity contribution is 7.12. The first-order chi connectivity index (χ1) is 9.50. The first-order valence-corrected chi connectivity index (χ1v) is 7.10. The molecule has 1 aromatic carbocycles. The number of nitrogens with one attached hydrogen (secondary N) is 1. The lowest BCUT2D eigenvalue weighted by atomic mass is 9.89. The lowest BCUT2D eigenvalue weighted by molar-refractivity contribution is -0.133. The van der Waals surface area contributed by atoms with Crippen molar-refractivity contribution < 1.29 is 14.7 Å². The lowest BCUT2D eigenvalue weighted by Gasteiger charge is -2.19. The Bertz CT molecular complexity index is 693. The van der Waals surface area contributed by atoms with E-state index >= 15 is 0 Å². The van der Waals surface area contributed by atoms with Crippen molar-refractivity contribution in [1.82, 2.24) is 0 Å². The van der Waals surface area contributed by atoms with Crippen LogP contribution in [0.1, 0.15) is 27.2 Å². The van der Waals surface area contributed by atoms with Crippen molar-refractivity contribution >= 4 is 28.7 Å². The van der Waals surface area contributed by atoms with E-state index in [4.69, 9.17) is 0 Å². The second-order valence-electron chi connectivity index (χ2n) is 4.94. The molecule has 0 saturated heterocycles. The summed E-state index contributed by atoms with van der Waals surface area (Å²) in [5, 5.41) is 15.1. The number of benzene rings is 1. The van der Waals surface area contributed by atoms with Crippen molar-refractivity contribution in [3.8, 4) is 0 Å². The van der Waals surface area contributed by atoms with E-state index in [0.717, 1.165) is 5.56 Å². The normalized spacial score (nSPS) is 20.6. The molecule has 20 heavy (non-hydrogen) atoms. The van der Waals surface area contributed by atoms with Crippen LogP contribution in [0, 0.1) is 6.92 Å². The smallest absolute Gasteiger partial charge is 0.261 e. The van der Waals surface area contributed by atoms with Crippen LogP contribution in [0.4, 0.5) is 5.69 Å². The number of aliphatic hydroxyl groups is 1. The third-order valence-electron chi connectivity index (χ3n) is 3.46. The Morgan fingerprint density at radius 3 is 2.90 bits per heavy atom. The minimum absolute atomic E-state index is 0.230. The predicted octanol–water partition coefficient (Wildman–Crippen LogP) is 2.47. The van der Waals surface area contributed by atoms with Gasteiger partial charge in [0.1, 0.15) is 0 Å². The molecule has 0 bridgehead atoms. The first kappa shape index (κ1) is 13.0. The zero-order valence-corrected chi connectivity index (χ0v) is 11.7. The van der Waals surface area contributed by atoms with Crippen LogP contribution in [0.3, 0.4) is 0 Å². The van der Waals surface area contributed by atoms with E-state index in [1.54, 1.807) is 29.6 Å². The van der Waals surface area contributed by atoms with E-state index in [1.165, 1.54) is 11.3 Å². The van der Waals surface area contributed by atoms with E-state index in [1.807, 2.05) is 13.0 Å². The molecule has 0 radical (unpaired) electrons. The topological polar surface area (TPSA) is 66.4 Å². The summed E-state index contributed by atoms with van der Waals surface area (Å²) in [7, 11) is 0. The molecule has 2 N–H and O–H groups in total. The third kappa shape index (κ3) is 1.95. The molecule has 2 aromatic rings. The van der Waals surface area contributed by atoms with Gasteiger partial charge in [-0.25, -0.2) is 0 Å². The number of hydrogen-bond acceptors (Lipinski definition) is 4. The van der Waals surface area contributed by atoms with Gasteiger partial charge in [-0.05, 0) is 24.4 Å². The number of carbonyl (C=O) groups excluding carboxylic acids is 2. The van der Waals surface area contributed by atoms with Gasteiger partial charge in [-0.2, -0.15) is 0 Å². The van der Waals surface area contributed by atoms with Crippen LogP contribution in [0.25, 0.3) is 0 Å². The maximum absolute atomic E-state index is 12.2. The van der Waals surface area contributed by atoms with Gasteiger partial charge in [0.15, 0.2) is 11.4 Å². The van der Waals surface area contributed by atoms with E-state index in [0.29, 0.717) is 16.1 Å². The largest absolute Gasteiger partial charge is 0.375 e. The number of aryl methyl sites for hydroxylation is 1. The molecule has 0 saturated carbocycles. The second kappa shape index (κ2) is 4.54. The standard InChI is InChI=1S/C15H13NO3S/c1-9-4-5-11-10(7-9)15(19,14(18)16-11)8-12(17)13-3-2-6-20-13/h2-7,19H,8H2,1H3,(H,16,18). The van der Waals surface area contributed by atoms with Gasteiger partial charge in [0, 0.05) is 11.3 Å². The van der Waals surface area contributed by atoms with Crippen LogP contribution in [-0.4, -0.2) is 16.8 Å². The fourth-order valence-electron chi connectivity index (χ4n) is 2.39. The second-order valence-corrected chi connectivity index (χ2v) is 5.89. The molecule has 1 aliphatic heterocycles. The van der Waals surface area contributed by atoms with Crippen molar-refractivity contribution in [2.75, 3.05) is 5.32 Å². The quantitative estimate of drug-likeness (QED) is 0.852. The molecule has 1 aliphatic rings. The minimum atomic E-state index is -1.78. The zero-order valence-electron chi connectivity index (χ0n) is 10.8. The molecule has 2 heterocycles. The van der Waals surface area contributed by atoms with E-state index in [-0.39, 0.29) is 12.2 Å². The number of hydrogen-bond donors (Lipinski definition) is 2. The fraction of sp³-hybridized carbons (Fsp3) is 0.200. The first-order valence-electron chi connectivity index (χ1n) is 6.22. The van der Waals surface area contributed by atoms with Gasteiger partial charge in [0.2, 0.25) is 0 Å². The molecule has 1 aromatic heterocycles. The van der Waals surface area contributed by atoms with Crippen LogP contribution in [0.5, 0.6) is 0 Å². The number of anilines is 1. The van der Waals surface area contributed by atoms with E-state index in [9.17, 15) is 14.7 Å². The van der Waals surface area contributed by atoms with Gasteiger partial charge < -0.3 is 10.4 Å². The molecule has 0 aliphatic carbocycles. The summed E-state index contributed by atoms with van der Waals surface area (Å²) in [6, 6.07) is 8.81. The molecule has 1 unspecified atom stereocenters. The highest BCUT2D eigenvalue weighted by atomic mass is 32.1. The highest BCUT2D eigenvalue weighted by Crippen LogP contribution is 2.39. The Morgan fingerprint density at radius 1 is 1.40 bits per heavy atom. The van der Waals surface area contributed by atoms with Crippen LogP contribution in [-0.2, 0) is 10.4 Å². The molecule has 3 rings (SSSR count). The van der Waals surface area contributed by atoms with Gasteiger partial charge in [-0.3, -0.25) is 9.59 Å². The van der Waals surface area contributed by atoms with Gasteiger partial charge in [-0.15, -0.1) is 11.3 Å².